The normalized spacial score (nSPS) is 27.8. The summed E-state index contributed by atoms with van der Waals surface area (Å²) in [6.45, 7) is 4.81. The molecule has 0 radical (unpaired) electrons. The van der Waals surface area contributed by atoms with Crippen LogP contribution < -0.4 is 0 Å². The van der Waals surface area contributed by atoms with E-state index in [1.54, 1.807) is 0 Å². The number of epoxide rings is 1. The Kier molecular flexibility index (Phi) is 7.69. The first kappa shape index (κ1) is 22.5. The van der Waals surface area contributed by atoms with E-state index in [0.29, 0.717) is 19.6 Å². The van der Waals surface area contributed by atoms with Gasteiger partial charge in [0.15, 0.2) is 5.79 Å². The summed E-state index contributed by atoms with van der Waals surface area (Å²) < 4.78 is 28.4. The molecular formula is C21H29N3O6. The highest BCUT2D eigenvalue weighted by molar-refractivity contribution is 5.69. The van der Waals surface area contributed by atoms with E-state index in [1.807, 2.05) is 44.2 Å². The lowest BCUT2D eigenvalue weighted by Crippen LogP contribution is -2.33. The number of hydrogen-bond donors (Lipinski definition) is 0. The third-order valence-electron chi connectivity index (χ3n) is 5.30. The molecule has 2 fully saturated rings. The molecule has 0 aliphatic carbocycles. The Morgan fingerprint density at radius 1 is 1.27 bits per heavy atom. The molecule has 0 unspecified atom stereocenters. The first-order valence-corrected chi connectivity index (χ1v) is 10.1. The minimum atomic E-state index is -0.784. The molecule has 0 aromatic heterocycles. The van der Waals surface area contributed by atoms with Gasteiger partial charge in [-0.05, 0) is 31.4 Å². The molecule has 30 heavy (non-hydrogen) atoms. The van der Waals surface area contributed by atoms with Gasteiger partial charge in [-0.15, -0.1) is 0 Å². The minimum Gasteiger partial charge on any atom is -0.469 e. The van der Waals surface area contributed by atoms with Gasteiger partial charge in [0.2, 0.25) is 0 Å². The quantitative estimate of drug-likeness (QED) is 0.136. The molecule has 3 rings (SSSR count). The van der Waals surface area contributed by atoms with E-state index in [-0.39, 0.29) is 49.3 Å². The molecule has 2 aliphatic heterocycles. The van der Waals surface area contributed by atoms with Crippen LogP contribution in [0.1, 0.15) is 32.3 Å². The number of nitrogens with zero attached hydrogens (tertiary/aromatic N) is 3. The molecule has 164 valence electrons. The van der Waals surface area contributed by atoms with Gasteiger partial charge < -0.3 is 23.7 Å². The van der Waals surface area contributed by atoms with Gasteiger partial charge in [0.05, 0.1) is 38.9 Å². The lowest BCUT2D eigenvalue weighted by molar-refractivity contribution is -0.147. The zero-order valence-electron chi connectivity index (χ0n) is 17.6. The first-order chi connectivity index (χ1) is 14.4. The lowest BCUT2D eigenvalue weighted by Gasteiger charge is -2.17. The number of azide groups is 1. The summed E-state index contributed by atoms with van der Waals surface area (Å²) >= 11 is 0. The molecule has 0 saturated carbocycles. The zero-order chi connectivity index (χ0) is 21.6. The number of benzene rings is 1. The smallest absolute Gasteiger partial charge is 0.305 e. The maximum absolute atomic E-state index is 11.9. The van der Waals surface area contributed by atoms with Crippen molar-refractivity contribution in [2.45, 2.75) is 63.5 Å². The number of carbonyl (C=O) groups is 1. The number of esters is 1. The van der Waals surface area contributed by atoms with E-state index in [2.05, 4.69) is 10.0 Å². The van der Waals surface area contributed by atoms with Crippen LogP contribution in [0.25, 0.3) is 10.4 Å². The SMILES string of the molecule is COC(=O)C[C@@H](CCOCc1ccccc1)[C@@H]1O[C@H]1[C@@H]1OC(C)(C)O[C@@H]1CN=[N+]=[N-]. The van der Waals surface area contributed by atoms with Crippen LogP contribution in [0.3, 0.4) is 0 Å². The number of ether oxygens (including phenoxy) is 5. The number of rotatable bonds is 11. The Bertz CT molecular complexity index is 752. The molecule has 5 atom stereocenters. The predicted octanol–water partition coefficient (Wildman–Crippen LogP) is 3.37. The first-order valence-electron chi connectivity index (χ1n) is 10.1. The van der Waals surface area contributed by atoms with Gasteiger partial charge in [0.1, 0.15) is 12.2 Å². The summed E-state index contributed by atoms with van der Waals surface area (Å²) in [5.74, 6) is -1.13. The number of hydrogen-bond acceptors (Lipinski definition) is 7. The summed E-state index contributed by atoms with van der Waals surface area (Å²) in [6, 6.07) is 9.93. The average Bonchev–Trinajstić information content (AvgIpc) is 3.46. The monoisotopic (exact) mass is 419 g/mol. The van der Waals surface area contributed by atoms with Crippen molar-refractivity contribution in [2.24, 2.45) is 11.0 Å². The van der Waals surface area contributed by atoms with Crippen LogP contribution in [0.4, 0.5) is 0 Å². The third-order valence-corrected chi connectivity index (χ3v) is 5.30. The molecule has 0 bridgehead atoms. The van der Waals surface area contributed by atoms with E-state index in [0.717, 1.165) is 5.56 Å². The molecule has 9 nitrogen and oxygen atoms in total. The molecule has 2 saturated heterocycles. The van der Waals surface area contributed by atoms with Gasteiger partial charge in [0, 0.05) is 17.4 Å². The fourth-order valence-electron chi connectivity index (χ4n) is 3.86. The molecule has 1 aromatic rings. The number of carbonyl (C=O) groups excluding carboxylic acids is 1. The summed E-state index contributed by atoms with van der Waals surface area (Å²) in [5.41, 5.74) is 9.73. The van der Waals surface area contributed by atoms with Gasteiger partial charge in [0.25, 0.3) is 0 Å². The minimum absolute atomic E-state index is 0.0642. The van der Waals surface area contributed by atoms with Gasteiger partial charge in [-0.25, -0.2) is 0 Å². The van der Waals surface area contributed by atoms with Crippen LogP contribution >= 0.6 is 0 Å². The highest BCUT2D eigenvalue weighted by atomic mass is 16.8. The van der Waals surface area contributed by atoms with Crippen LogP contribution in [0.5, 0.6) is 0 Å². The molecule has 0 N–H and O–H groups in total. The van der Waals surface area contributed by atoms with Gasteiger partial charge >= 0.3 is 5.97 Å². The van der Waals surface area contributed by atoms with Crippen LogP contribution in [0.2, 0.25) is 0 Å². The van der Waals surface area contributed by atoms with Gasteiger partial charge in [-0.1, -0.05) is 35.4 Å². The van der Waals surface area contributed by atoms with Gasteiger partial charge in [-0.3, -0.25) is 4.79 Å². The fraction of sp³-hybridized carbons (Fsp3) is 0.667. The topological polar surface area (TPSA) is 115 Å². The highest BCUT2D eigenvalue weighted by Gasteiger charge is 2.57. The summed E-state index contributed by atoms with van der Waals surface area (Å²) in [7, 11) is 1.38. The predicted molar refractivity (Wildman–Crippen MR) is 107 cm³/mol. The van der Waals surface area contributed by atoms with Crippen molar-refractivity contribution < 1.29 is 28.5 Å². The van der Waals surface area contributed by atoms with E-state index in [9.17, 15) is 4.79 Å². The molecule has 0 amide bonds. The maximum Gasteiger partial charge on any atom is 0.305 e. The van der Waals surface area contributed by atoms with E-state index >= 15 is 0 Å². The van der Waals surface area contributed by atoms with Crippen molar-refractivity contribution in [3.8, 4) is 0 Å². The van der Waals surface area contributed by atoms with Crippen molar-refractivity contribution in [1.29, 1.82) is 0 Å². The Morgan fingerprint density at radius 2 is 2.03 bits per heavy atom. The average molecular weight is 419 g/mol. The van der Waals surface area contributed by atoms with E-state index in [1.165, 1.54) is 7.11 Å². The highest BCUT2D eigenvalue weighted by Crippen LogP contribution is 2.43. The molecule has 1 aromatic carbocycles. The Balaban J connectivity index is 1.56. The summed E-state index contributed by atoms with van der Waals surface area (Å²) in [6.07, 6.45) is -0.249. The van der Waals surface area contributed by atoms with E-state index < -0.39 is 5.79 Å². The summed E-state index contributed by atoms with van der Waals surface area (Å²) in [4.78, 5) is 14.7. The fourth-order valence-corrected chi connectivity index (χ4v) is 3.86. The van der Waals surface area contributed by atoms with Gasteiger partial charge in [-0.2, -0.15) is 0 Å². The van der Waals surface area contributed by atoms with Crippen LogP contribution in [0.15, 0.2) is 35.4 Å². The number of methoxy groups -OCH3 is 1. The second-order valence-electron chi connectivity index (χ2n) is 7.98. The molecular weight excluding hydrogens is 390 g/mol. The lowest BCUT2D eigenvalue weighted by atomic mass is 9.93. The Hall–Kier alpha value is -2.16. The van der Waals surface area contributed by atoms with E-state index in [4.69, 9.17) is 29.2 Å². The van der Waals surface area contributed by atoms with Crippen molar-refractivity contribution in [3.05, 3.63) is 46.3 Å². The largest absolute Gasteiger partial charge is 0.469 e. The van der Waals surface area contributed by atoms with Crippen LogP contribution in [-0.4, -0.2) is 56.4 Å². The standard InChI is InChI=1S/C21H29N3O6/c1-21(2)29-16(12-23-24-22)19(30-21)20-18(28-20)15(11-17(25)26-3)9-10-27-13-14-7-5-4-6-8-14/h4-8,15-16,18-20H,9-13H2,1-3H3/t15-,16-,18+,19-,20-/m1/s1. The van der Waals surface area contributed by atoms with Crippen molar-refractivity contribution in [1.82, 2.24) is 0 Å². The zero-order valence-corrected chi connectivity index (χ0v) is 17.6. The van der Waals surface area contributed by atoms with Crippen molar-refractivity contribution in [2.75, 3.05) is 20.3 Å². The molecule has 2 heterocycles. The molecule has 2 aliphatic rings. The second-order valence-corrected chi connectivity index (χ2v) is 7.98. The van der Waals surface area contributed by atoms with Crippen LogP contribution in [0, 0.1) is 5.92 Å². The Morgan fingerprint density at radius 3 is 2.73 bits per heavy atom. The molecule has 0 spiro atoms. The summed E-state index contributed by atoms with van der Waals surface area (Å²) in [5, 5.41) is 3.63. The van der Waals surface area contributed by atoms with Crippen molar-refractivity contribution in [3.63, 3.8) is 0 Å². The van der Waals surface area contributed by atoms with Crippen LogP contribution in [-0.2, 0) is 35.1 Å². The third kappa shape index (κ3) is 6.17. The maximum atomic E-state index is 11.9. The Labute approximate surface area is 176 Å². The molecule has 9 heteroatoms. The van der Waals surface area contributed by atoms with Crippen molar-refractivity contribution >= 4 is 5.97 Å². The second kappa shape index (κ2) is 10.2.